The lowest BCUT2D eigenvalue weighted by Crippen LogP contribution is -2.45. The molecular formula is C52H103N2O6P. The van der Waals surface area contributed by atoms with Gasteiger partial charge in [-0.3, -0.25) is 13.8 Å². The van der Waals surface area contributed by atoms with Gasteiger partial charge in [-0.25, -0.2) is 4.57 Å². The smallest absolute Gasteiger partial charge is 0.387 e. The summed E-state index contributed by atoms with van der Waals surface area (Å²) in [6.07, 6.45) is 58.2. The molecule has 362 valence electrons. The highest BCUT2D eigenvalue weighted by atomic mass is 31.2. The van der Waals surface area contributed by atoms with Crippen molar-refractivity contribution in [3.8, 4) is 0 Å². The molecule has 1 amide bonds. The fraction of sp³-hybridized carbons (Fsp3) is 0.904. The Morgan fingerprint density at radius 1 is 0.525 bits per heavy atom. The van der Waals surface area contributed by atoms with Crippen LogP contribution < -0.4 is 11.1 Å². The Kier molecular flexibility index (Phi) is 47.6. The molecule has 0 rings (SSSR count). The molecular weight excluding hydrogens is 780 g/mol. The number of carbonyl (C=O) groups is 1. The molecule has 61 heavy (non-hydrogen) atoms. The molecule has 0 aromatic carbocycles. The average Bonchev–Trinajstić information content (AvgIpc) is 3.25. The third kappa shape index (κ3) is 46.8. The van der Waals surface area contributed by atoms with Crippen molar-refractivity contribution >= 4 is 13.7 Å². The highest BCUT2D eigenvalue weighted by Crippen LogP contribution is 2.43. The Labute approximate surface area is 378 Å². The van der Waals surface area contributed by atoms with E-state index in [4.69, 9.17) is 14.8 Å². The van der Waals surface area contributed by atoms with Gasteiger partial charge in [0.15, 0.2) is 0 Å². The first kappa shape index (κ1) is 60.0. The average molecular weight is 883 g/mol. The SMILES string of the molecule is CCCCCCCCCCCCCCC/C=C/CC/C=C/C(O)C(COP(=O)(O)OCCN)NC(=O)CCCCCCCCCCCCCCCCCCCCCCCCC. The predicted octanol–water partition coefficient (Wildman–Crippen LogP) is 15.7. The molecule has 3 atom stereocenters. The quantitative estimate of drug-likeness (QED) is 0.0272. The number of phosphoric ester groups is 1. The topological polar surface area (TPSA) is 131 Å². The molecule has 3 unspecified atom stereocenters. The van der Waals surface area contributed by atoms with Crippen molar-refractivity contribution in [3.05, 3.63) is 24.3 Å². The maximum Gasteiger partial charge on any atom is 0.472 e. The van der Waals surface area contributed by atoms with Crippen LogP contribution in [0.3, 0.4) is 0 Å². The maximum atomic E-state index is 12.8. The van der Waals surface area contributed by atoms with Crippen LogP contribution >= 0.6 is 7.82 Å². The van der Waals surface area contributed by atoms with E-state index in [0.29, 0.717) is 6.42 Å². The van der Waals surface area contributed by atoms with Crippen LogP contribution in [0.4, 0.5) is 0 Å². The minimum absolute atomic E-state index is 0.0762. The van der Waals surface area contributed by atoms with Crippen LogP contribution in [-0.2, 0) is 18.4 Å². The van der Waals surface area contributed by atoms with Gasteiger partial charge in [-0.05, 0) is 32.1 Å². The molecule has 0 aliphatic rings. The molecule has 0 saturated carbocycles. The molecule has 0 aromatic heterocycles. The van der Waals surface area contributed by atoms with Crippen LogP contribution in [0.25, 0.3) is 0 Å². The molecule has 0 radical (unpaired) electrons. The van der Waals surface area contributed by atoms with Gasteiger partial charge in [-0.15, -0.1) is 0 Å². The lowest BCUT2D eigenvalue weighted by molar-refractivity contribution is -0.123. The highest BCUT2D eigenvalue weighted by molar-refractivity contribution is 7.47. The molecule has 0 fully saturated rings. The Hall–Kier alpha value is -1.02. The molecule has 0 saturated heterocycles. The predicted molar refractivity (Wildman–Crippen MR) is 263 cm³/mol. The zero-order chi connectivity index (χ0) is 44.6. The van der Waals surface area contributed by atoms with Crippen LogP contribution in [0.1, 0.15) is 271 Å². The van der Waals surface area contributed by atoms with Crippen LogP contribution in [0, 0.1) is 0 Å². The van der Waals surface area contributed by atoms with E-state index < -0.39 is 20.0 Å². The summed E-state index contributed by atoms with van der Waals surface area (Å²) in [4.78, 5) is 22.8. The van der Waals surface area contributed by atoms with Gasteiger partial charge in [0.2, 0.25) is 5.91 Å². The van der Waals surface area contributed by atoms with Crippen molar-refractivity contribution in [3.63, 3.8) is 0 Å². The van der Waals surface area contributed by atoms with Gasteiger partial charge >= 0.3 is 7.82 Å². The van der Waals surface area contributed by atoms with Crippen molar-refractivity contribution in [1.29, 1.82) is 0 Å². The monoisotopic (exact) mass is 883 g/mol. The van der Waals surface area contributed by atoms with Crippen molar-refractivity contribution in [2.24, 2.45) is 5.73 Å². The third-order valence-corrected chi connectivity index (χ3v) is 13.0. The number of allylic oxidation sites excluding steroid dienone is 3. The van der Waals surface area contributed by atoms with Gasteiger partial charge in [-0.1, -0.05) is 256 Å². The molecule has 9 heteroatoms. The fourth-order valence-corrected chi connectivity index (χ4v) is 8.79. The zero-order valence-electron chi connectivity index (χ0n) is 40.4. The summed E-state index contributed by atoms with van der Waals surface area (Å²) in [5, 5.41) is 13.7. The Balaban J connectivity index is 4.07. The molecule has 0 aromatic rings. The lowest BCUT2D eigenvalue weighted by atomic mass is 10.0. The van der Waals surface area contributed by atoms with Gasteiger partial charge in [0.25, 0.3) is 0 Å². The summed E-state index contributed by atoms with van der Waals surface area (Å²) in [5.41, 5.74) is 5.39. The van der Waals surface area contributed by atoms with Crippen LogP contribution in [-0.4, -0.2) is 47.8 Å². The number of nitrogens with one attached hydrogen (secondary N) is 1. The summed E-state index contributed by atoms with van der Waals surface area (Å²) in [5.74, 6) is -0.198. The van der Waals surface area contributed by atoms with Gasteiger partial charge < -0.3 is 21.1 Å². The number of nitrogens with two attached hydrogens (primary N) is 1. The number of hydrogen-bond acceptors (Lipinski definition) is 6. The van der Waals surface area contributed by atoms with E-state index in [-0.39, 0.29) is 25.7 Å². The van der Waals surface area contributed by atoms with Gasteiger partial charge in [-0.2, -0.15) is 0 Å². The van der Waals surface area contributed by atoms with E-state index in [2.05, 4.69) is 31.3 Å². The van der Waals surface area contributed by atoms with E-state index >= 15 is 0 Å². The van der Waals surface area contributed by atoms with E-state index in [1.165, 1.54) is 212 Å². The number of aliphatic hydroxyl groups is 1. The lowest BCUT2D eigenvalue weighted by Gasteiger charge is -2.23. The molecule has 5 N–H and O–H groups in total. The number of aliphatic hydroxyl groups excluding tert-OH is 1. The van der Waals surface area contributed by atoms with E-state index in [9.17, 15) is 19.4 Å². The summed E-state index contributed by atoms with van der Waals surface area (Å²) in [6, 6.07) is -0.874. The van der Waals surface area contributed by atoms with E-state index in [1.807, 2.05) is 6.08 Å². The Bertz CT molecular complexity index is 1010. The number of carbonyl (C=O) groups excluding carboxylic acids is 1. The second kappa shape index (κ2) is 48.4. The normalized spacial score (nSPS) is 14.0. The molecule has 0 aliphatic carbocycles. The first-order valence-corrected chi connectivity index (χ1v) is 28.0. The van der Waals surface area contributed by atoms with Crippen LogP contribution in [0.15, 0.2) is 24.3 Å². The number of hydrogen-bond donors (Lipinski definition) is 4. The second-order valence-electron chi connectivity index (χ2n) is 18.1. The van der Waals surface area contributed by atoms with Crippen molar-refractivity contribution in [2.75, 3.05) is 19.8 Å². The minimum atomic E-state index is -4.35. The van der Waals surface area contributed by atoms with Gasteiger partial charge in [0.1, 0.15) is 0 Å². The van der Waals surface area contributed by atoms with Crippen molar-refractivity contribution < 1.29 is 28.4 Å². The fourth-order valence-electron chi connectivity index (χ4n) is 8.03. The van der Waals surface area contributed by atoms with Crippen molar-refractivity contribution in [2.45, 2.75) is 283 Å². The number of rotatable bonds is 50. The molecule has 0 heterocycles. The summed E-state index contributed by atoms with van der Waals surface area (Å²) >= 11 is 0. The minimum Gasteiger partial charge on any atom is -0.387 e. The summed E-state index contributed by atoms with van der Waals surface area (Å²) < 4.78 is 22.2. The first-order valence-electron chi connectivity index (χ1n) is 26.5. The molecule has 0 spiro atoms. The van der Waals surface area contributed by atoms with Gasteiger partial charge in [0.05, 0.1) is 25.4 Å². The number of amides is 1. The van der Waals surface area contributed by atoms with E-state index in [1.54, 1.807) is 6.08 Å². The van der Waals surface area contributed by atoms with Crippen molar-refractivity contribution in [1.82, 2.24) is 5.32 Å². The summed E-state index contributed by atoms with van der Waals surface area (Å²) in [7, 11) is -4.35. The number of unbranched alkanes of at least 4 members (excludes halogenated alkanes) is 36. The van der Waals surface area contributed by atoms with Gasteiger partial charge in [0, 0.05) is 13.0 Å². The van der Waals surface area contributed by atoms with Crippen LogP contribution in [0.2, 0.25) is 0 Å². The van der Waals surface area contributed by atoms with E-state index in [0.717, 1.165) is 38.5 Å². The second-order valence-corrected chi connectivity index (χ2v) is 19.5. The Morgan fingerprint density at radius 3 is 1.26 bits per heavy atom. The zero-order valence-corrected chi connectivity index (χ0v) is 41.3. The number of phosphoric acid groups is 1. The van der Waals surface area contributed by atoms with Crippen LogP contribution in [0.5, 0.6) is 0 Å². The molecule has 0 bridgehead atoms. The maximum absolute atomic E-state index is 12.8. The Morgan fingerprint density at radius 2 is 0.869 bits per heavy atom. The molecule has 0 aliphatic heterocycles. The molecule has 8 nitrogen and oxygen atoms in total. The first-order chi connectivity index (χ1) is 29.9. The largest absolute Gasteiger partial charge is 0.472 e. The highest BCUT2D eigenvalue weighted by Gasteiger charge is 2.26. The standard InChI is InChI=1S/C52H103N2O6P/c1-3-5-7-9-11-13-15-17-19-21-23-24-25-26-28-30-32-34-36-38-40-42-44-46-52(56)54-50(49-60-61(57,58)59-48-47-53)51(55)45-43-41-39-37-35-33-31-29-27-22-20-18-16-14-12-10-8-6-4-2/h35,37,43,45,50-51,55H,3-34,36,38-42,44,46-49,53H2,1-2H3,(H,54,56)(H,57,58)/b37-35+,45-43+. The third-order valence-electron chi connectivity index (χ3n) is 12.0. The summed E-state index contributed by atoms with van der Waals surface area (Å²) in [6.45, 7) is 4.16.